The summed E-state index contributed by atoms with van der Waals surface area (Å²) in [6.45, 7) is 4.99. The molecule has 32 heavy (non-hydrogen) atoms. The van der Waals surface area contributed by atoms with E-state index in [2.05, 4.69) is 0 Å². The van der Waals surface area contributed by atoms with Gasteiger partial charge in [0.2, 0.25) is 11.8 Å². The highest BCUT2D eigenvalue weighted by molar-refractivity contribution is 7.09. The molecule has 3 aromatic rings. The van der Waals surface area contributed by atoms with Crippen LogP contribution in [0.2, 0.25) is 0 Å². The van der Waals surface area contributed by atoms with Crippen molar-refractivity contribution in [2.75, 3.05) is 13.7 Å². The van der Waals surface area contributed by atoms with Gasteiger partial charge >= 0.3 is 0 Å². The number of hydrogen-bond donors (Lipinski definition) is 0. The quantitative estimate of drug-likeness (QED) is 0.447. The van der Waals surface area contributed by atoms with E-state index >= 15 is 0 Å². The smallest absolute Gasteiger partial charge is 0.242 e. The normalized spacial score (nSPS) is 10.8. The summed E-state index contributed by atoms with van der Waals surface area (Å²) in [5, 5.41) is 2.01. The largest absolute Gasteiger partial charge is 0.497 e. The zero-order chi connectivity index (χ0) is 22.9. The topological polar surface area (TPSA) is 49.9 Å². The van der Waals surface area contributed by atoms with E-state index in [1.54, 1.807) is 23.3 Å². The van der Waals surface area contributed by atoms with Crippen LogP contribution in [0.1, 0.15) is 29.9 Å². The molecule has 1 heterocycles. The highest BCUT2D eigenvalue weighted by Gasteiger charge is 2.24. The van der Waals surface area contributed by atoms with Crippen LogP contribution in [0, 0.1) is 0 Å². The minimum absolute atomic E-state index is 0.0565. The van der Waals surface area contributed by atoms with Gasteiger partial charge in [0.15, 0.2) is 0 Å². The molecule has 2 amide bonds. The average molecular weight is 451 g/mol. The number of carbonyl (C=O) groups excluding carboxylic acids is 2. The molecule has 0 bridgehead atoms. The maximum atomic E-state index is 13.3. The van der Waals surface area contributed by atoms with Crippen molar-refractivity contribution in [3.05, 3.63) is 88.1 Å². The molecule has 0 atom stereocenters. The van der Waals surface area contributed by atoms with Crippen molar-refractivity contribution < 1.29 is 14.3 Å². The molecule has 0 saturated heterocycles. The van der Waals surface area contributed by atoms with Crippen LogP contribution < -0.4 is 4.74 Å². The van der Waals surface area contributed by atoms with Gasteiger partial charge in [0.1, 0.15) is 12.3 Å². The molecule has 1 aromatic heterocycles. The summed E-state index contributed by atoms with van der Waals surface area (Å²) in [6.07, 6.45) is 0.249. The van der Waals surface area contributed by atoms with E-state index in [0.29, 0.717) is 13.1 Å². The summed E-state index contributed by atoms with van der Waals surface area (Å²) in [7, 11) is 1.61. The lowest BCUT2D eigenvalue weighted by Crippen LogP contribution is -2.46. The Morgan fingerprint density at radius 1 is 0.875 bits per heavy atom. The van der Waals surface area contributed by atoms with Crippen molar-refractivity contribution in [1.29, 1.82) is 0 Å². The summed E-state index contributed by atoms with van der Waals surface area (Å²) < 4.78 is 5.19. The lowest BCUT2D eigenvalue weighted by molar-refractivity contribution is -0.142. The van der Waals surface area contributed by atoms with Crippen molar-refractivity contribution in [2.24, 2.45) is 0 Å². The van der Waals surface area contributed by atoms with E-state index in [4.69, 9.17) is 4.74 Å². The number of amides is 2. The van der Waals surface area contributed by atoms with E-state index in [-0.39, 0.29) is 30.8 Å². The van der Waals surface area contributed by atoms with Gasteiger partial charge < -0.3 is 14.5 Å². The Morgan fingerprint density at radius 2 is 1.59 bits per heavy atom. The van der Waals surface area contributed by atoms with Crippen LogP contribution in [0.5, 0.6) is 5.75 Å². The van der Waals surface area contributed by atoms with Crippen LogP contribution in [-0.4, -0.2) is 41.3 Å². The van der Waals surface area contributed by atoms with Gasteiger partial charge in [-0.1, -0.05) is 48.5 Å². The number of nitrogens with zero attached hydrogens (tertiary/aromatic N) is 2. The molecule has 0 unspecified atom stereocenters. The first kappa shape index (κ1) is 23.5. The lowest BCUT2D eigenvalue weighted by atomic mass is 10.1. The van der Waals surface area contributed by atoms with E-state index in [0.717, 1.165) is 21.8 Å². The van der Waals surface area contributed by atoms with E-state index in [1.807, 2.05) is 90.9 Å². The van der Waals surface area contributed by atoms with Crippen LogP contribution in [0.15, 0.2) is 72.1 Å². The zero-order valence-electron chi connectivity index (χ0n) is 18.9. The van der Waals surface area contributed by atoms with Gasteiger partial charge in [-0.05, 0) is 48.6 Å². The Hall–Kier alpha value is -3.12. The molecule has 0 spiro atoms. The molecule has 0 aliphatic carbocycles. The van der Waals surface area contributed by atoms with E-state index in [9.17, 15) is 9.59 Å². The number of methoxy groups -OCH3 is 1. The molecule has 0 aliphatic rings. The maximum absolute atomic E-state index is 13.3. The van der Waals surface area contributed by atoms with Crippen molar-refractivity contribution >= 4 is 23.2 Å². The minimum Gasteiger partial charge on any atom is -0.497 e. The summed E-state index contributed by atoms with van der Waals surface area (Å²) in [5.41, 5.74) is 1.96. The summed E-state index contributed by atoms with van der Waals surface area (Å²) in [5.74, 6) is 0.635. The van der Waals surface area contributed by atoms with Gasteiger partial charge in [-0.2, -0.15) is 0 Å². The lowest BCUT2D eigenvalue weighted by Gasteiger charge is -2.30. The van der Waals surface area contributed by atoms with Crippen LogP contribution in [-0.2, 0) is 29.1 Å². The molecule has 0 saturated carbocycles. The highest BCUT2D eigenvalue weighted by Crippen LogP contribution is 2.17. The van der Waals surface area contributed by atoms with Crippen LogP contribution >= 0.6 is 11.3 Å². The molecular formula is C26H30N2O3S. The zero-order valence-corrected chi connectivity index (χ0v) is 19.7. The Kier molecular flexibility index (Phi) is 8.45. The molecule has 0 aliphatic heterocycles. The average Bonchev–Trinajstić information content (AvgIpc) is 3.31. The van der Waals surface area contributed by atoms with Gasteiger partial charge in [-0.3, -0.25) is 9.59 Å². The number of hydrogen-bond acceptors (Lipinski definition) is 4. The van der Waals surface area contributed by atoms with Crippen molar-refractivity contribution in [3.63, 3.8) is 0 Å². The van der Waals surface area contributed by atoms with Gasteiger partial charge in [0, 0.05) is 17.5 Å². The number of ether oxygens (including phenoxy) is 1. The molecule has 168 valence electrons. The molecule has 5 nitrogen and oxygen atoms in total. The number of thiophene rings is 1. The van der Waals surface area contributed by atoms with Crippen LogP contribution in [0.25, 0.3) is 0 Å². The number of carbonyl (C=O) groups is 2. The van der Waals surface area contributed by atoms with Crippen molar-refractivity contribution in [2.45, 2.75) is 39.4 Å². The fourth-order valence-electron chi connectivity index (χ4n) is 3.45. The van der Waals surface area contributed by atoms with Crippen molar-refractivity contribution in [1.82, 2.24) is 9.80 Å². The van der Waals surface area contributed by atoms with Crippen LogP contribution in [0.4, 0.5) is 0 Å². The Morgan fingerprint density at radius 3 is 2.19 bits per heavy atom. The highest BCUT2D eigenvalue weighted by atomic mass is 32.1. The SMILES string of the molecule is COc1ccc(CC(=O)N(CC(=O)N(Cc2ccccc2)Cc2cccs2)C(C)C)cc1. The fraction of sp³-hybridized carbons (Fsp3) is 0.308. The van der Waals surface area contributed by atoms with Gasteiger partial charge in [-0.15, -0.1) is 11.3 Å². The Labute approximate surface area is 194 Å². The second-order valence-electron chi connectivity index (χ2n) is 7.96. The van der Waals surface area contributed by atoms with Crippen LogP contribution in [0.3, 0.4) is 0 Å². The first-order chi connectivity index (χ1) is 15.5. The molecular weight excluding hydrogens is 420 g/mol. The number of benzene rings is 2. The summed E-state index contributed by atoms with van der Waals surface area (Å²) >= 11 is 1.63. The standard InChI is InChI=1S/C26H30N2O3S/c1-20(2)28(25(29)16-21-11-13-23(31-3)14-12-21)19-26(30)27(18-24-10-7-15-32-24)17-22-8-5-4-6-9-22/h4-15,20H,16-19H2,1-3H3. The van der Waals surface area contributed by atoms with Gasteiger partial charge in [0.25, 0.3) is 0 Å². The fourth-order valence-corrected chi connectivity index (χ4v) is 4.17. The second-order valence-corrected chi connectivity index (χ2v) is 8.99. The molecule has 3 rings (SSSR count). The molecule has 0 fully saturated rings. The molecule has 0 radical (unpaired) electrons. The monoisotopic (exact) mass is 450 g/mol. The Balaban J connectivity index is 1.72. The minimum atomic E-state index is -0.0787. The predicted octanol–water partition coefficient (Wildman–Crippen LogP) is 4.77. The van der Waals surface area contributed by atoms with Gasteiger partial charge in [-0.25, -0.2) is 0 Å². The molecule has 6 heteroatoms. The van der Waals surface area contributed by atoms with Gasteiger partial charge in [0.05, 0.1) is 20.1 Å². The van der Waals surface area contributed by atoms with E-state index in [1.165, 1.54) is 0 Å². The van der Waals surface area contributed by atoms with E-state index < -0.39 is 0 Å². The predicted molar refractivity (Wildman–Crippen MR) is 129 cm³/mol. The second kappa shape index (κ2) is 11.5. The summed E-state index contributed by atoms with van der Waals surface area (Å²) in [4.78, 5) is 31.0. The molecule has 2 aromatic carbocycles. The third-order valence-corrected chi connectivity index (χ3v) is 6.12. The number of rotatable bonds is 10. The van der Waals surface area contributed by atoms with Crippen molar-refractivity contribution in [3.8, 4) is 5.75 Å². The first-order valence-electron chi connectivity index (χ1n) is 10.7. The Bertz CT molecular complexity index is 986. The molecule has 0 N–H and O–H groups in total. The maximum Gasteiger partial charge on any atom is 0.242 e. The third-order valence-electron chi connectivity index (χ3n) is 5.26. The third kappa shape index (κ3) is 6.69. The first-order valence-corrected chi connectivity index (χ1v) is 11.6. The summed E-state index contributed by atoms with van der Waals surface area (Å²) in [6, 6.07) is 21.3.